The molecule has 0 saturated heterocycles. The molecule has 2 aromatic rings. The minimum atomic E-state index is -0.335. The fraction of sp³-hybridized carbons (Fsp3) is 0.263. The Morgan fingerprint density at radius 2 is 1.96 bits per heavy atom. The van der Waals surface area contributed by atoms with Gasteiger partial charge in [0.25, 0.3) is 0 Å². The number of nitriles is 1. The zero-order chi connectivity index (χ0) is 16.8. The number of benzene rings is 2. The van der Waals surface area contributed by atoms with E-state index in [1.165, 1.54) is 12.1 Å². The summed E-state index contributed by atoms with van der Waals surface area (Å²) in [5.74, 6) is -0.381. The number of hydrogen-bond acceptors (Lipinski definition) is 2. The van der Waals surface area contributed by atoms with E-state index in [0.29, 0.717) is 17.7 Å². The lowest BCUT2D eigenvalue weighted by Crippen LogP contribution is -2.34. The van der Waals surface area contributed by atoms with E-state index in [2.05, 4.69) is 6.07 Å². The second-order valence-electron chi connectivity index (χ2n) is 5.40. The Bertz CT molecular complexity index is 719. The molecule has 4 heteroatoms. The van der Waals surface area contributed by atoms with E-state index in [1.807, 2.05) is 26.0 Å². The Hall–Kier alpha value is -2.67. The van der Waals surface area contributed by atoms with Crippen molar-refractivity contribution in [3.63, 3.8) is 0 Å². The molecule has 0 fully saturated rings. The summed E-state index contributed by atoms with van der Waals surface area (Å²) in [5, 5.41) is 8.85. The summed E-state index contributed by atoms with van der Waals surface area (Å²) in [6.07, 6.45) is 0.173. The standard InChI is InChI=1S/C19H19FN2O/c1-3-22(14(2)17-9-7-15(13-21)8-10-17)19(23)12-16-5-4-6-18(20)11-16/h4-11,14H,3,12H2,1-2H3. The zero-order valence-electron chi connectivity index (χ0n) is 13.3. The third kappa shape index (κ3) is 4.17. The van der Waals surface area contributed by atoms with Gasteiger partial charge in [-0.15, -0.1) is 0 Å². The molecule has 0 N–H and O–H groups in total. The number of rotatable bonds is 5. The van der Waals surface area contributed by atoms with Crippen molar-refractivity contribution in [2.24, 2.45) is 0 Å². The van der Waals surface area contributed by atoms with Crippen LogP contribution in [-0.2, 0) is 11.2 Å². The molecule has 0 saturated carbocycles. The summed E-state index contributed by atoms with van der Waals surface area (Å²) in [5.41, 5.74) is 2.23. The van der Waals surface area contributed by atoms with E-state index in [-0.39, 0.29) is 24.2 Å². The van der Waals surface area contributed by atoms with E-state index >= 15 is 0 Å². The van der Waals surface area contributed by atoms with Crippen LogP contribution in [0.25, 0.3) is 0 Å². The molecule has 0 aliphatic heterocycles. The molecule has 118 valence electrons. The lowest BCUT2D eigenvalue weighted by atomic mass is 10.0. The molecular weight excluding hydrogens is 291 g/mol. The summed E-state index contributed by atoms with van der Waals surface area (Å²) < 4.78 is 13.2. The molecule has 1 amide bonds. The van der Waals surface area contributed by atoms with Gasteiger partial charge in [-0.05, 0) is 49.2 Å². The number of halogens is 1. The zero-order valence-corrected chi connectivity index (χ0v) is 13.3. The van der Waals surface area contributed by atoms with Gasteiger partial charge in [-0.1, -0.05) is 24.3 Å². The molecule has 1 unspecified atom stereocenters. The van der Waals surface area contributed by atoms with Crippen LogP contribution in [0.3, 0.4) is 0 Å². The normalized spacial score (nSPS) is 11.6. The lowest BCUT2D eigenvalue weighted by Gasteiger charge is -2.28. The van der Waals surface area contributed by atoms with Gasteiger partial charge >= 0.3 is 0 Å². The maximum absolute atomic E-state index is 13.2. The van der Waals surface area contributed by atoms with Gasteiger partial charge in [0.15, 0.2) is 0 Å². The second-order valence-corrected chi connectivity index (χ2v) is 5.40. The number of hydrogen-bond donors (Lipinski definition) is 0. The minimum absolute atomic E-state index is 0.0463. The number of likely N-dealkylation sites (N-methyl/N-ethyl adjacent to an activating group) is 1. The molecule has 2 aromatic carbocycles. The van der Waals surface area contributed by atoms with Crippen LogP contribution >= 0.6 is 0 Å². The van der Waals surface area contributed by atoms with Gasteiger partial charge in [0.1, 0.15) is 5.82 Å². The maximum atomic E-state index is 13.2. The smallest absolute Gasteiger partial charge is 0.227 e. The van der Waals surface area contributed by atoms with E-state index < -0.39 is 0 Å². The predicted molar refractivity (Wildman–Crippen MR) is 87.1 cm³/mol. The van der Waals surface area contributed by atoms with Crippen molar-refractivity contribution >= 4 is 5.91 Å². The molecule has 0 aromatic heterocycles. The van der Waals surface area contributed by atoms with Crippen LogP contribution < -0.4 is 0 Å². The fourth-order valence-electron chi connectivity index (χ4n) is 2.61. The Kier molecular flexibility index (Phi) is 5.48. The Balaban J connectivity index is 2.13. The van der Waals surface area contributed by atoms with Crippen molar-refractivity contribution in [2.75, 3.05) is 6.54 Å². The number of amides is 1. The van der Waals surface area contributed by atoms with Crippen LogP contribution in [0.15, 0.2) is 48.5 Å². The van der Waals surface area contributed by atoms with Crippen molar-refractivity contribution in [3.8, 4) is 6.07 Å². The highest BCUT2D eigenvalue weighted by molar-refractivity contribution is 5.79. The summed E-state index contributed by atoms with van der Waals surface area (Å²) in [6.45, 7) is 4.44. The second kappa shape index (κ2) is 7.55. The van der Waals surface area contributed by atoms with Gasteiger partial charge in [-0.2, -0.15) is 5.26 Å². The maximum Gasteiger partial charge on any atom is 0.227 e. The Morgan fingerprint density at radius 3 is 2.52 bits per heavy atom. The summed E-state index contributed by atoms with van der Waals surface area (Å²) in [6, 6.07) is 15.3. The predicted octanol–water partition coefficient (Wildman–Crippen LogP) is 3.85. The monoisotopic (exact) mass is 310 g/mol. The first-order valence-electron chi connectivity index (χ1n) is 7.59. The van der Waals surface area contributed by atoms with Crippen LogP contribution in [0.4, 0.5) is 4.39 Å². The molecule has 23 heavy (non-hydrogen) atoms. The van der Waals surface area contributed by atoms with Crippen LogP contribution in [0, 0.1) is 17.1 Å². The lowest BCUT2D eigenvalue weighted by molar-refractivity contribution is -0.132. The number of carbonyl (C=O) groups is 1. The molecule has 0 spiro atoms. The van der Waals surface area contributed by atoms with Gasteiger partial charge < -0.3 is 4.90 Å². The van der Waals surface area contributed by atoms with Gasteiger partial charge in [0.05, 0.1) is 24.1 Å². The first-order valence-corrected chi connectivity index (χ1v) is 7.59. The Morgan fingerprint density at radius 1 is 1.26 bits per heavy atom. The molecular formula is C19H19FN2O. The first kappa shape index (κ1) is 16.7. The average molecular weight is 310 g/mol. The van der Waals surface area contributed by atoms with Crippen LogP contribution in [-0.4, -0.2) is 17.4 Å². The van der Waals surface area contributed by atoms with Crippen LogP contribution in [0.2, 0.25) is 0 Å². The summed E-state index contributed by atoms with van der Waals surface area (Å²) in [7, 11) is 0. The Labute approximate surface area is 136 Å². The van der Waals surface area contributed by atoms with Crippen LogP contribution in [0.5, 0.6) is 0 Å². The van der Waals surface area contributed by atoms with Crippen molar-refractivity contribution in [3.05, 3.63) is 71.0 Å². The first-order chi connectivity index (χ1) is 11.0. The average Bonchev–Trinajstić information content (AvgIpc) is 2.55. The summed E-state index contributed by atoms with van der Waals surface area (Å²) >= 11 is 0. The summed E-state index contributed by atoms with van der Waals surface area (Å²) in [4.78, 5) is 14.3. The number of nitrogens with zero attached hydrogens (tertiary/aromatic N) is 2. The third-order valence-electron chi connectivity index (χ3n) is 3.90. The molecule has 2 rings (SSSR count). The van der Waals surface area contributed by atoms with Gasteiger partial charge in [-0.25, -0.2) is 4.39 Å². The molecule has 1 atom stereocenters. The van der Waals surface area contributed by atoms with Crippen LogP contribution in [0.1, 0.15) is 36.6 Å². The number of carbonyl (C=O) groups excluding carboxylic acids is 1. The van der Waals surface area contributed by atoms with Gasteiger partial charge in [-0.3, -0.25) is 4.79 Å². The van der Waals surface area contributed by atoms with Crippen molar-refractivity contribution < 1.29 is 9.18 Å². The van der Waals surface area contributed by atoms with Crippen molar-refractivity contribution in [1.82, 2.24) is 4.90 Å². The largest absolute Gasteiger partial charge is 0.336 e. The van der Waals surface area contributed by atoms with E-state index in [0.717, 1.165) is 5.56 Å². The highest BCUT2D eigenvalue weighted by Crippen LogP contribution is 2.21. The molecule has 0 heterocycles. The van der Waals surface area contributed by atoms with E-state index in [9.17, 15) is 9.18 Å². The molecule has 3 nitrogen and oxygen atoms in total. The van der Waals surface area contributed by atoms with Crippen molar-refractivity contribution in [2.45, 2.75) is 26.3 Å². The fourth-order valence-corrected chi connectivity index (χ4v) is 2.61. The third-order valence-corrected chi connectivity index (χ3v) is 3.90. The minimum Gasteiger partial charge on any atom is -0.336 e. The highest BCUT2D eigenvalue weighted by atomic mass is 19.1. The van der Waals surface area contributed by atoms with E-state index in [4.69, 9.17) is 5.26 Å². The van der Waals surface area contributed by atoms with E-state index in [1.54, 1.807) is 29.2 Å². The van der Waals surface area contributed by atoms with Gasteiger partial charge in [0, 0.05) is 6.54 Å². The molecule has 0 aliphatic carbocycles. The van der Waals surface area contributed by atoms with Gasteiger partial charge in [0.2, 0.25) is 5.91 Å². The highest BCUT2D eigenvalue weighted by Gasteiger charge is 2.20. The van der Waals surface area contributed by atoms with Crippen molar-refractivity contribution in [1.29, 1.82) is 5.26 Å². The molecule has 0 radical (unpaired) electrons. The molecule has 0 aliphatic rings. The molecule has 0 bridgehead atoms. The SMILES string of the molecule is CCN(C(=O)Cc1cccc(F)c1)C(C)c1ccc(C#N)cc1. The quantitative estimate of drug-likeness (QED) is 0.842. The topological polar surface area (TPSA) is 44.1 Å².